The third kappa shape index (κ3) is 1.92. The Bertz CT molecular complexity index is 723. The van der Waals surface area contributed by atoms with Crippen molar-refractivity contribution in [2.24, 2.45) is 5.73 Å². The predicted molar refractivity (Wildman–Crippen MR) is 76.9 cm³/mol. The Hall–Kier alpha value is -2.73. The molecule has 0 spiro atoms. The molecule has 0 unspecified atom stereocenters. The third-order valence-corrected chi connectivity index (χ3v) is 3.54. The molecule has 98 valence electrons. The fourth-order valence-corrected chi connectivity index (χ4v) is 2.51. The van der Waals surface area contributed by atoms with Gasteiger partial charge in [0.2, 0.25) is 5.88 Å². The van der Waals surface area contributed by atoms with Crippen LogP contribution in [0.1, 0.15) is 22.6 Å². The number of nitrogens with zero attached hydrogens (tertiary/aromatic N) is 1. The van der Waals surface area contributed by atoms with Crippen LogP contribution in [0.5, 0.6) is 5.75 Å². The van der Waals surface area contributed by atoms with E-state index in [4.69, 9.17) is 10.5 Å². The second-order valence-corrected chi connectivity index (χ2v) is 4.87. The Labute approximate surface area is 117 Å². The van der Waals surface area contributed by atoms with Crippen LogP contribution in [0.2, 0.25) is 0 Å². The lowest BCUT2D eigenvalue weighted by molar-refractivity contribution is 0.393. The van der Waals surface area contributed by atoms with E-state index < -0.39 is 0 Å². The van der Waals surface area contributed by atoms with Crippen molar-refractivity contribution in [3.8, 4) is 11.8 Å². The molecule has 3 heteroatoms. The highest BCUT2D eigenvalue weighted by Gasteiger charge is 2.29. The Kier molecular flexibility index (Phi) is 2.92. The second kappa shape index (κ2) is 4.75. The molecule has 3 nitrogen and oxygen atoms in total. The maximum atomic E-state index is 9.41. The van der Waals surface area contributed by atoms with Gasteiger partial charge in [0, 0.05) is 5.56 Å². The van der Waals surface area contributed by atoms with Crippen molar-refractivity contribution in [2.45, 2.75) is 12.8 Å². The lowest BCUT2D eigenvalue weighted by Gasteiger charge is -2.26. The van der Waals surface area contributed by atoms with Crippen molar-refractivity contribution in [3.05, 3.63) is 76.7 Å². The Morgan fingerprint density at radius 3 is 2.50 bits per heavy atom. The van der Waals surface area contributed by atoms with Gasteiger partial charge in [-0.25, -0.2) is 0 Å². The SMILES string of the molecule is Cc1ccc([C@H]2C(C#N)=C(N)Oc3ccccc32)cc1. The largest absolute Gasteiger partial charge is 0.440 e. The summed E-state index contributed by atoms with van der Waals surface area (Å²) in [6.07, 6.45) is 0. The standard InChI is InChI=1S/C17H14N2O/c1-11-6-8-12(9-7-11)16-13-4-2-3-5-15(13)20-17(19)14(16)10-18/h2-9,16H,19H2,1H3/t16-/m1/s1. The summed E-state index contributed by atoms with van der Waals surface area (Å²) in [5.41, 5.74) is 9.57. The molecular formula is C17H14N2O. The summed E-state index contributed by atoms with van der Waals surface area (Å²) in [6, 6.07) is 18.0. The van der Waals surface area contributed by atoms with Gasteiger partial charge in [0.15, 0.2) is 0 Å². The lowest BCUT2D eigenvalue weighted by atomic mass is 9.83. The average molecular weight is 262 g/mol. The number of nitrogens with two attached hydrogens (primary N) is 1. The highest BCUT2D eigenvalue weighted by Crippen LogP contribution is 2.41. The summed E-state index contributed by atoms with van der Waals surface area (Å²) in [7, 11) is 0. The summed E-state index contributed by atoms with van der Waals surface area (Å²) in [5, 5.41) is 9.41. The van der Waals surface area contributed by atoms with E-state index >= 15 is 0 Å². The molecule has 0 bridgehead atoms. The molecule has 2 aromatic rings. The summed E-state index contributed by atoms with van der Waals surface area (Å²) >= 11 is 0. The van der Waals surface area contributed by atoms with Gasteiger partial charge in [-0.15, -0.1) is 0 Å². The zero-order chi connectivity index (χ0) is 14.1. The molecule has 20 heavy (non-hydrogen) atoms. The molecule has 3 rings (SSSR count). The van der Waals surface area contributed by atoms with Gasteiger partial charge in [0.1, 0.15) is 17.4 Å². The molecular weight excluding hydrogens is 248 g/mol. The minimum atomic E-state index is -0.162. The summed E-state index contributed by atoms with van der Waals surface area (Å²) in [6.45, 7) is 2.04. The normalized spacial score (nSPS) is 17.1. The maximum absolute atomic E-state index is 9.41. The van der Waals surface area contributed by atoms with E-state index in [-0.39, 0.29) is 11.8 Å². The fourth-order valence-electron chi connectivity index (χ4n) is 2.51. The van der Waals surface area contributed by atoms with E-state index in [9.17, 15) is 5.26 Å². The number of nitriles is 1. The second-order valence-electron chi connectivity index (χ2n) is 4.87. The van der Waals surface area contributed by atoms with Gasteiger partial charge in [-0.2, -0.15) is 5.26 Å². The highest BCUT2D eigenvalue weighted by molar-refractivity contribution is 5.55. The molecule has 2 aromatic carbocycles. The highest BCUT2D eigenvalue weighted by atomic mass is 16.5. The number of benzene rings is 2. The van der Waals surface area contributed by atoms with E-state index in [2.05, 4.69) is 6.07 Å². The number of rotatable bonds is 1. The Morgan fingerprint density at radius 1 is 1.10 bits per heavy atom. The molecule has 0 radical (unpaired) electrons. The van der Waals surface area contributed by atoms with Crippen LogP contribution in [0.25, 0.3) is 0 Å². The minimum Gasteiger partial charge on any atom is -0.440 e. The first kappa shape index (κ1) is 12.3. The predicted octanol–water partition coefficient (Wildman–Crippen LogP) is 3.21. The van der Waals surface area contributed by atoms with Crippen molar-refractivity contribution in [2.75, 3.05) is 0 Å². The van der Waals surface area contributed by atoms with Gasteiger partial charge < -0.3 is 10.5 Å². The van der Waals surface area contributed by atoms with Crippen molar-refractivity contribution >= 4 is 0 Å². The Balaban J connectivity index is 2.20. The van der Waals surface area contributed by atoms with E-state index in [0.29, 0.717) is 5.57 Å². The molecule has 1 heterocycles. The van der Waals surface area contributed by atoms with E-state index in [1.165, 1.54) is 5.56 Å². The number of allylic oxidation sites excluding steroid dienone is 1. The number of hydrogen-bond donors (Lipinski definition) is 1. The number of fused-ring (bicyclic) bond motifs is 1. The molecule has 2 N–H and O–H groups in total. The first-order valence-corrected chi connectivity index (χ1v) is 6.44. The topological polar surface area (TPSA) is 59.0 Å². The molecule has 1 aliphatic rings. The first-order valence-electron chi connectivity index (χ1n) is 6.44. The van der Waals surface area contributed by atoms with Gasteiger partial charge in [-0.05, 0) is 18.6 Å². The van der Waals surface area contributed by atoms with Crippen LogP contribution < -0.4 is 10.5 Å². The minimum absolute atomic E-state index is 0.162. The quantitative estimate of drug-likeness (QED) is 0.858. The van der Waals surface area contributed by atoms with Crippen molar-refractivity contribution in [1.29, 1.82) is 5.26 Å². The number of hydrogen-bond acceptors (Lipinski definition) is 3. The van der Waals surface area contributed by atoms with Crippen molar-refractivity contribution < 1.29 is 4.74 Å². The average Bonchev–Trinajstić information content (AvgIpc) is 2.47. The van der Waals surface area contributed by atoms with Crippen LogP contribution in [0.3, 0.4) is 0 Å². The van der Waals surface area contributed by atoms with Crippen LogP contribution in [0.4, 0.5) is 0 Å². The van der Waals surface area contributed by atoms with Crippen LogP contribution in [0, 0.1) is 18.3 Å². The molecule has 0 aliphatic carbocycles. The Morgan fingerprint density at radius 2 is 1.80 bits per heavy atom. The number of para-hydroxylation sites is 1. The van der Waals surface area contributed by atoms with Crippen molar-refractivity contribution in [3.63, 3.8) is 0 Å². The van der Waals surface area contributed by atoms with Gasteiger partial charge >= 0.3 is 0 Å². The van der Waals surface area contributed by atoms with Crippen LogP contribution in [-0.4, -0.2) is 0 Å². The zero-order valence-electron chi connectivity index (χ0n) is 11.1. The first-order chi connectivity index (χ1) is 9.70. The number of ether oxygens (including phenoxy) is 1. The van der Waals surface area contributed by atoms with Crippen LogP contribution >= 0.6 is 0 Å². The fraction of sp³-hybridized carbons (Fsp3) is 0.118. The molecule has 1 atom stereocenters. The molecule has 0 fully saturated rings. The zero-order valence-corrected chi connectivity index (χ0v) is 11.1. The summed E-state index contributed by atoms with van der Waals surface area (Å²) in [4.78, 5) is 0. The van der Waals surface area contributed by atoms with Gasteiger partial charge in [-0.3, -0.25) is 0 Å². The van der Waals surface area contributed by atoms with Crippen molar-refractivity contribution in [1.82, 2.24) is 0 Å². The molecule has 1 aliphatic heterocycles. The van der Waals surface area contributed by atoms with Gasteiger partial charge in [0.05, 0.1) is 5.92 Å². The van der Waals surface area contributed by atoms with Gasteiger partial charge in [-0.1, -0.05) is 48.0 Å². The van der Waals surface area contributed by atoms with E-state index in [1.54, 1.807) is 0 Å². The molecule has 0 amide bonds. The molecule has 0 saturated carbocycles. The monoisotopic (exact) mass is 262 g/mol. The smallest absolute Gasteiger partial charge is 0.205 e. The van der Waals surface area contributed by atoms with E-state index in [0.717, 1.165) is 16.9 Å². The third-order valence-electron chi connectivity index (χ3n) is 3.54. The van der Waals surface area contributed by atoms with Crippen LogP contribution in [-0.2, 0) is 0 Å². The molecule has 0 aromatic heterocycles. The maximum Gasteiger partial charge on any atom is 0.205 e. The van der Waals surface area contributed by atoms with Gasteiger partial charge in [0.25, 0.3) is 0 Å². The van der Waals surface area contributed by atoms with Crippen LogP contribution in [0.15, 0.2) is 60.0 Å². The lowest BCUT2D eigenvalue weighted by Crippen LogP contribution is -2.20. The summed E-state index contributed by atoms with van der Waals surface area (Å²) < 4.78 is 5.55. The number of aryl methyl sites for hydroxylation is 1. The summed E-state index contributed by atoms with van der Waals surface area (Å²) in [5.74, 6) is 0.747. The van der Waals surface area contributed by atoms with E-state index in [1.807, 2.05) is 55.5 Å². The molecule has 0 saturated heterocycles.